The van der Waals surface area contributed by atoms with E-state index in [9.17, 15) is 26.4 Å². The fourth-order valence-electron chi connectivity index (χ4n) is 1.05. The van der Waals surface area contributed by atoms with E-state index in [1.807, 2.05) is 0 Å². The van der Waals surface area contributed by atoms with Crippen LogP contribution in [-0.4, -0.2) is 19.7 Å². The van der Waals surface area contributed by atoms with Crippen molar-refractivity contribution in [2.45, 2.75) is 17.3 Å². The van der Waals surface area contributed by atoms with Gasteiger partial charge in [0.2, 0.25) is 0 Å². The van der Waals surface area contributed by atoms with Gasteiger partial charge in [0.05, 0.1) is 4.90 Å². The summed E-state index contributed by atoms with van der Waals surface area (Å²) in [5.74, 6) is -0.523. The minimum absolute atomic E-state index is 0.0908. The van der Waals surface area contributed by atoms with Crippen molar-refractivity contribution in [1.29, 1.82) is 0 Å². The number of benzene rings is 1. The number of ketones is 1. The van der Waals surface area contributed by atoms with E-state index >= 15 is 0 Å². The first-order chi connectivity index (χ1) is 7.55. The maximum Gasteiger partial charge on any atom is 0.501 e. The summed E-state index contributed by atoms with van der Waals surface area (Å²) >= 11 is 2.86. The second kappa shape index (κ2) is 4.41. The Bertz CT molecular complexity index is 563. The largest absolute Gasteiger partial charge is 0.501 e. The summed E-state index contributed by atoms with van der Waals surface area (Å²) in [7, 11) is -5.44. The molecular formula is C9H6BrF3O3S. The van der Waals surface area contributed by atoms with Gasteiger partial charge in [-0.05, 0) is 25.1 Å². The molecule has 0 radical (unpaired) electrons. The van der Waals surface area contributed by atoms with Crippen LogP contribution in [0.3, 0.4) is 0 Å². The number of alkyl halides is 3. The third kappa shape index (κ3) is 2.86. The summed E-state index contributed by atoms with van der Waals surface area (Å²) in [5, 5.41) is 0. The molecule has 0 N–H and O–H groups in total. The fraction of sp³-hybridized carbons (Fsp3) is 0.222. The number of carbonyl (C=O) groups is 1. The maximum absolute atomic E-state index is 12.3. The van der Waals surface area contributed by atoms with Crippen LogP contribution in [0.25, 0.3) is 0 Å². The number of hydrogen-bond donors (Lipinski definition) is 0. The molecule has 3 nitrogen and oxygen atoms in total. The van der Waals surface area contributed by atoms with Crippen molar-refractivity contribution < 1.29 is 26.4 Å². The number of sulfone groups is 1. The average molecular weight is 331 g/mol. The fourth-order valence-corrected chi connectivity index (χ4v) is 2.53. The molecule has 0 heterocycles. The molecular weight excluding hydrogens is 325 g/mol. The molecule has 0 atom stereocenters. The lowest BCUT2D eigenvalue weighted by Gasteiger charge is -2.09. The Morgan fingerprint density at radius 2 is 1.76 bits per heavy atom. The van der Waals surface area contributed by atoms with Gasteiger partial charge in [-0.25, -0.2) is 8.42 Å². The summed E-state index contributed by atoms with van der Waals surface area (Å²) in [6.07, 6.45) is 0. The van der Waals surface area contributed by atoms with Crippen LogP contribution in [0.1, 0.15) is 17.3 Å². The van der Waals surface area contributed by atoms with Crippen LogP contribution < -0.4 is 0 Å². The Balaban J connectivity index is 3.49. The standard InChI is InChI=1S/C9H6BrF3O3S/c1-5(14)6-2-7(10)4-8(3-6)17(15,16)9(11,12)13/h2-4H,1H3. The van der Waals surface area contributed by atoms with Gasteiger partial charge in [-0.15, -0.1) is 0 Å². The molecule has 1 aromatic rings. The van der Waals surface area contributed by atoms with E-state index in [0.29, 0.717) is 6.07 Å². The summed E-state index contributed by atoms with van der Waals surface area (Å²) in [4.78, 5) is 10.1. The Hall–Kier alpha value is -0.890. The highest BCUT2D eigenvalue weighted by Crippen LogP contribution is 2.32. The van der Waals surface area contributed by atoms with E-state index in [0.717, 1.165) is 13.0 Å². The molecule has 0 spiro atoms. The third-order valence-corrected chi connectivity index (χ3v) is 3.82. The van der Waals surface area contributed by atoms with Gasteiger partial charge in [-0.1, -0.05) is 15.9 Å². The van der Waals surface area contributed by atoms with Crippen molar-refractivity contribution in [3.8, 4) is 0 Å². The zero-order chi connectivity index (χ0) is 13.4. The van der Waals surface area contributed by atoms with Crippen LogP contribution in [0.5, 0.6) is 0 Å². The summed E-state index contributed by atoms with van der Waals surface area (Å²) in [5.41, 5.74) is -5.50. The lowest BCUT2D eigenvalue weighted by Crippen LogP contribution is -2.23. The van der Waals surface area contributed by atoms with Crippen LogP contribution in [0.2, 0.25) is 0 Å². The Morgan fingerprint density at radius 1 is 1.24 bits per heavy atom. The van der Waals surface area contributed by atoms with Crippen molar-refractivity contribution in [1.82, 2.24) is 0 Å². The van der Waals surface area contributed by atoms with Gasteiger partial charge in [0.15, 0.2) is 5.78 Å². The average Bonchev–Trinajstić information content (AvgIpc) is 2.14. The smallest absolute Gasteiger partial charge is 0.295 e. The van der Waals surface area contributed by atoms with Crippen molar-refractivity contribution in [3.63, 3.8) is 0 Å². The predicted octanol–water partition coefficient (Wildman–Crippen LogP) is 2.95. The lowest BCUT2D eigenvalue weighted by molar-refractivity contribution is -0.0436. The van der Waals surface area contributed by atoms with E-state index in [4.69, 9.17) is 0 Å². The summed E-state index contributed by atoms with van der Waals surface area (Å²) < 4.78 is 59.2. The number of halogens is 4. The number of rotatable bonds is 2. The van der Waals surface area contributed by atoms with Gasteiger partial charge in [-0.2, -0.15) is 13.2 Å². The van der Waals surface area contributed by atoms with Crippen LogP contribution in [0.4, 0.5) is 13.2 Å². The molecule has 0 saturated heterocycles. The molecule has 0 saturated carbocycles. The van der Waals surface area contributed by atoms with Crippen molar-refractivity contribution >= 4 is 31.6 Å². The predicted molar refractivity (Wildman–Crippen MR) is 57.4 cm³/mol. The highest BCUT2D eigenvalue weighted by atomic mass is 79.9. The molecule has 0 aromatic heterocycles. The summed E-state index contributed by atoms with van der Waals surface area (Å²) in [6, 6.07) is 2.75. The first-order valence-electron chi connectivity index (χ1n) is 4.18. The van der Waals surface area contributed by atoms with Gasteiger partial charge >= 0.3 is 5.51 Å². The molecule has 1 rings (SSSR count). The molecule has 8 heteroatoms. The number of hydrogen-bond acceptors (Lipinski definition) is 3. The summed E-state index contributed by atoms with van der Waals surface area (Å²) in [6.45, 7) is 1.13. The molecule has 0 aliphatic heterocycles. The van der Waals surface area contributed by atoms with Gasteiger partial charge in [0, 0.05) is 10.0 Å². The second-order valence-corrected chi connectivity index (χ2v) is 6.04. The molecule has 0 aliphatic rings. The second-order valence-electron chi connectivity index (χ2n) is 3.18. The molecule has 0 bridgehead atoms. The van der Waals surface area contributed by atoms with Crippen LogP contribution in [0.15, 0.2) is 27.6 Å². The first-order valence-corrected chi connectivity index (χ1v) is 6.46. The highest BCUT2D eigenvalue weighted by Gasteiger charge is 2.47. The van der Waals surface area contributed by atoms with Crippen LogP contribution in [-0.2, 0) is 9.84 Å². The van der Waals surface area contributed by atoms with E-state index < -0.39 is 26.0 Å². The van der Waals surface area contributed by atoms with E-state index in [-0.39, 0.29) is 10.0 Å². The van der Waals surface area contributed by atoms with Gasteiger partial charge < -0.3 is 0 Å². The molecule has 17 heavy (non-hydrogen) atoms. The first kappa shape index (κ1) is 14.2. The van der Waals surface area contributed by atoms with Crippen LogP contribution in [0, 0.1) is 0 Å². The third-order valence-electron chi connectivity index (χ3n) is 1.89. The molecule has 0 unspecified atom stereocenters. The van der Waals surface area contributed by atoms with Crippen LogP contribution >= 0.6 is 15.9 Å². The SMILES string of the molecule is CC(=O)c1cc(Br)cc(S(=O)(=O)C(F)(F)F)c1. The quantitative estimate of drug-likeness (QED) is 0.783. The Labute approximate surface area is 104 Å². The normalized spacial score (nSPS) is 12.5. The maximum atomic E-state index is 12.3. The van der Waals surface area contributed by atoms with Crippen molar-refractivity contribution in [2.75, 3.05) is 0 Å². The van der Waals surface area contributed by atoms with E-state index in [2.05, 4.69) is 15.9 Å². The van der Waals surface area contributed by atoms with E-state index in [1.54, 1.807) is 0 Å². The Kier molecular flexibility index (Phi) is 3.68. The zero-order valence-corrected chi connectivity index (χ0v) is 10.8. The molecule has 0 aliphatic carbocycles. The van der Waals surface area contributed by atoms with Gasteiger partial charge in [0.1, 0.15) is 0 Å². The topological polar surface area (TPSA) is 51.2 Å². The highest BCUT2D eigenvalue weighted by molar-refractivity contribution is 9.10. The molecule has 0 fully saturated rings. The Morgan fingerprint density at radius 3 is 2.18 bits per heavy atom. The van der Waals surface area contributed by atoms with E-state index in [1.165, 1.54) is 6.07 Å². The molecule has 0 amide bonds. The monoisotopic (exact) mass is 330 g/mol. The minimum atomic E-state index is -5.44. The minimum Gasteiger partial charge on any atom is -0.295 e. The van der Waals surface area contributed by atoms with Crippen molar-refractivity contribution in [3.05, 3.63) is 28.2 Å². The van der Waals surface area contributed by atoms with Gasteiger partial charge in [-0.3, -0.25) is 4.79 Å². The lowest BCUT2D eigenvalue weighted by atomic mass is 10.2. The number of Topliss-reactive ketones (excluding diaryl/α,β-unsaturated/α-hetero) is 1. The molecule has 1 aromatic carbocycles. The van der Waals surface area contributed by atoms with Crippen molar-refractivity contribution in [2.24, 2.45) is 0 Å². The zero-order valence-electron chi connectivity index (χ0n) is 8.38. The van der Waals surface area contributed by atoms with Gasteiger partial charge in [0.25, 0.3) is 9.84 Å². The molecule has 94 valence electrons. The number of carbonyl (C=O) groups excluding carboxylic acids is 1.